The van der Waals surface area contributed by atoms with Crippen molar-refractivity contribution in [2.75, 3.05) is 7.05 Å². The summed E-state index contributed by atoms with van der Waals surface area (Å²) in [7, 11) is 3.44. The van der Waals surface area contributed by atoms with Gasteiger partial charge in [0.25, 0.3) is 0 Å². The highest BCUT2D eigenvalue weighted by atomic mass is 16.4. The van der Waals surface area contributed by atoms with Gasteiger partial charge >= 0.3 is 5.97 Å². The zero-order valence-corrected chi connectivity index (χ0v) is 11.7. The Labute approximate surface area is 113 Å². The van der Waals surface area contributed by atoms with Crippen LogP contribution in [0.4, 0.5) is 0 Å². The van der Waals surface area contributed by atoms with Crippen molar-refractivity contribution < 1.29 is 15.0 Å². The van der Waals surface area contributed by atoms with Crippen LogP contribution in [0, 0.1) is 5.92 Å². The van der Waals surface area contributed by atoms with Crippen molar-refractivity contribution in [3.63, 3.8) is 0 Å². The van der Waals surface area contributed by atoms with E-state index in [9.17, 15) is 9.90 Å². The summed E-state index contributed by atoms with van der Waals surface area (Å²) in [5.41, 5.74) is 1.14. The van der Waals surface area contributed by atoms with Crippen molar-refractivity contribution in [1.82, 2.24) is 15.1 Å². The number of aliphatic hydroxyl groups excluding tert-OH is 1. The van der Waals surface area contributed by atoms with Crippen molar-refractivity contribution in [3.05, 3.63) is 18.0 Å². The number of aryl methyl sites for hydroxylation is 2. The quantitative estimate of drug-likeness (QED) is 0.636. The van der Waals surface area contributed by atoms with Crippen molar-refractivity contribution in [1.29, 1.82) is 0 Å². The largest absolute Gasteiger partial charge is 0.480 e. The maximum Gasteiger partial charge on any atom is 0.323 e. The lowest BCUT2D eigenvalue weighted by Gasteiger charge is -2.24. The summed E-state index contributed by atoms with van der Waals surface area (Å²) >= 11 is 0. The molecule has 1 aromatic heterocycles. The molecule has 0 radical (unpaired) electrons. The van der Waals surface area contributed by atoms with Gasteiger partial charge in [0.05, 0.1) is 6.10 Å². The third-order valence-corrected chi connectivity index (χ3v) is 3.52. The van der Waals surface area contributed by atoms with E-state index < -0.39 is 18.1 Å². The Morgan fingerprint density at radius 2 is 2.26 bits per heavy atom. The summed E-state index contributed by atoms with van der Waals surface area (Å²) in [6.45, 7) is 1.88. The summed E-state index contributed by atoms with van der Waals surface area (Å²) in [5.74, 6) is -1.09. The van der Waals surface area contributed by atoms with E-state index in [2.05, 4.69) is 10.4 Å². The fourth-order valence-corrected chi connectivity index (χ4v) is 2.19. The minimum absolute atomic E-state index is 0.0678. The lowest BCUT2D eigenvalue weighted by atomic mass is 9.92. The van der Waals surface area contributed by atoms with Crippen LogP contribution < -0.4 is 5.32 Å². The normalized spacial score (nSPS) is 16.0. The number of likely N-dealkylation sites (N-methyl/N-ethyl adjacent to an activating group) is 1. The Morgan fingerprint density at radius 3 is 2.74 bits per heavy atom. The van der Waals surface area contributed by atoms with Crippen LogP contribution in [0.2, 0.25) is 0 Å². The number of aliphatic carboxylic acids is 1. The van der Waals surface area contributed by atoms with Crippen molar-refractivity contribution in [3.8, 4) is 0 Å². The maximum atomic E-state index is 10.9. The van der Waals surface area contributed by atoms with Gasteiger partial charge < -0.3 is 15.5 Å². The van der Waals surface area contributed by atoms with Crippen LogP contribution >= 0.6 is 0 Å². The van der Waals surface area contributed by atoms with Crippen molar-refractivity contribution >= 4 is 5.97 Å². The SMILES string of the molecule is CN[C@H](C(=O)O)[C@H](O)[C@H](C)CCCc1ccnn1C. The van der Waals surface area contributed by atoms with Crippen LogP contribution in [0.3, 0.4) is 0 Å². The average molecular weight is 269 g/mol. The monoisotopic (exact) mass is 269 g/mol. The van der Waals surface area contributed by atoms with Crippen LogP contribution in [0.15, 0.2) is 12.3 Å². The fraction of sp³-hybridized carbons (Fsp3) is 0.692. The number of hydrogen-bond acceptors (Lipinski definition) is 4. The third-order valence-electron chi connectivity index (χ3n) is 3.52. The molecule has 0 aliphatic heterocycles. The van der Waals surface area contributed by atoms with Crippen molar-refractivity contribution in [2.24, 2.45) is 13.0 Å². The third kappa shape index (κ3) is 4.33. The minimum atomic E-state index is -1.02. The highest BCUT2D eigenvalue weighted by Gasteiger charge is 2.28. The topological polar surface area (TPSA) is 87.4 Å². The fourth-order valence-electron chi connectivity index (χ4n) is 2.19. The number of nitrogens with one attached hydrogen (secondary N) is 1. The molecule has 1 rings (SSSR count). The molecule has 0 aliphatic rings. The Balaban J connectivity index is 2.40. The summed E-state index contributed by atoms with van der Waals surface area (Å²) in [4.78, 5) is 10.9. The molecule has 0 bridgehead atoms. The molecule has 3 N–H and O–H groups in total. The molecule has 1 heterocycles. The molecule has 0 aromatic carbocycles. The Kier molecular flexibility index (Phi) is 5.98. The van der Waals surface area contributed by atoms with Gasteiger partial charge in [0.15, 0.2) is 0 Å². The zero-order chi connectivity index (χ0) is 14.4. The number of aromatic nitrogens is 2. The second-order valence-electron chi connectivity index (χ2n) is 4.91. The number of nitrogens with zero attached hydrogens (tertiary/aromatic N) is 2. The molecular formula is C13H23N3O3. The number of aliphatic hydroxyl groups is 1. The van der Waals surface area contributed by atoms with Crippen LogP contribution in [-0.2, 0) is 18.3 Å². The summed E-state index contributed by atoms with van der Waals surface area (Å²) in [5, 5.41) is 25.7. The summed E-state index contributed by atoms with van der Waals surface area (Å²) in [6, 6.07) is 1.06. The van der Waals surface area contributed by atoms with Crippen LogP contribution in [-0.4, -0.2) is 45.2 Å². The van der Waals surface area contributed by atoms with Gasteiger partial charge in [-0.15, -0.1) is 0 Å². The van der Waals surface area contributed by atoms with Gasteiger partial charge in [-0.3, -0.25) is 9.48 Å². The van der Waals surface area contributed by atoms with E-state index in [0.29, 0.717) is 0 Å². The van der Waals surface area contributed by atoms with Gasteiger partial charge in [0.2, 0.25) is 0 Å². The second kappa shape index (κ2) is 7.25. The average Bonchev–Trinajstić information content (AvgIpc) is 2.75. The van der Waals surface area contributed by atoms with E-state index in [0.717, 1.165) is 25.0 Å². The first-order chi connectivity index (χ1) is 8.97. The van der Waals surface area contributed by atoms with Gasteiger partial charge in [0, 0.05) is 18.9 Å². The van der Waals surface area contributed by atoms with E-state index in [1.165, 1.54) is 0 Å². The molecule has 0 amide bonds. The molecule has 1 aromatic rings. The minimum Gasteiger partial charge on any atom is -0.480 e. The second-order valence-corrected chi connectivity index (χ2v) is 4.91. The van der Waals surface area contributed by atoms with E-state index in [1.807, 2.05) is 24.7 Å². The molecule has 0 spiro atoms. The van der Waals surface area contributed by atoms with Gasteiger partial charge in [-0.1, -0.05) is 6.92 Å². The molecule has 0 saturated carbocycles. The molecule has 3 atom stereocenters. The molecule has 108 valence electrons. The highest BCUT2D eigenvalue weighted by molar-refractivity contribution is 5.74. The molecule has 0 unspecified atom stereocenters. The first kappa shape index (κ1) is 15.7. The first-order valence-corrected chi connectivity index (χ1v) is 6.52. The Bertz CT molecular complexity index is 406. The smallest absolute Gasteiger partial charge is 0.323 e. The molecular weight excluding hydrogens is 246 g/mol. The number of carboxylic acid groups (broad SMARTS) is 1. The number of carbonyl (C=O) groups is 1. The lowest BCUT2D eigenvalue weighted by molar-refractivity contribution is -0.143. The van der Waals surface area contributed by atoms with Crippen molar-refractivity contribution in [2.45, 2.75) is 38.3 Å². The predicted molar refractivity (Wildman–Crippen MR) is 71.8 cm³/mol. The van der Waals surface area contributed by atoms with E-state index >= 15 is 0 Å². The van der Waals surface area contributed by atoms with Gasteiger partial charge in [0.1, 0.15) is 6.04 Å². The Hall–Kier alpha value is -1.40. The standard InChI is InChI=1S/C13H23N3O3/c1-9(12(17)11(14-2)13(18)19)5-4-6-10-7-8-15-16(10)3/h7-9,11-12,14,17H,4-6H2,1-3H3,(H,18,19)/t9-,11+,12-/m1/s1. The Morgan fingerprint density at radius 1 is 1.58 bits per heavy atom. The molecule has 0 saturated heterocycles. The molecule has 6 nitrogen and oxygen atoms in total. The van der Waals surface area contributed by atoms with Gasteiger partial charge in [-0.05, 0) is 38.3 Å². The zero-order valence-electron chi connectivity index (χ0n) is 11.7. The van der Waals surface area contributed by atoms with Crippen LogP contribution in [0.1, 0.15) is 25.5 Å². The number of hydrogen-bond donors (Lipinski definition) is 3. The number of carboxylic acids is 1. The lowest BCUT2D eigenvalue weighted by Crippen LogP contribution is -2.47. The van der Waals surface area contributed by atoms with E-state index in [1.54, 1.807) is 13.2 Å². The van der Waals surface area contributed by atoms with Crippen LogP contribution in [0.5, 0.6) is 0 Å². The first-order valence-electron chi connectivity index (χ1n) is 6.52. The molecule has 0 aliphatic carbocycles. The highest BCUT2D eigenvalue weighted by Crippen LogP contribution is 2.16. The number of rotatable bonds is 8. The summed E-state index contributed by atoms with van der Waals surface area (Å²) in [6.07, 6.45) is 3.43. The maximum absolute atomic E-state index is 10.9. The van der Waals surface area contributed by atoms with Crippen LogP contribution in [0.25, 0.3) is 0 Å². The predicted octanol–water partition coefficient (Wildman–Crippen LogP) is 0.412. The molecule has 19 heavy (non-hydrogen) atoms. The van der Waals surface area contributed by atoms with E-state index in [-0.39, 0.29) is 5.92 Å². The molecule has 0 fully saturated rings. The van der Waals surface area contributed by atoms with E-state index in [4.69, 9.17) is 5.11 Å². The van der Waals surface area contributed by atoms with Gasteiger partial charge in [-0.2, -0.15) is 5.10 Å². The molecule has 6 heteroatoms. The van der Waals surface area contributed by atoms with Gasteiger partial charge in [-0.25, -0.2) is 0 Å². The summed E-state index contributed by atoms with van der Waals surface area (Å²) < 4.78 is 1.83.